The number of amides is 3. The Morgan fingerprint density at radius 1 is 1.46 bits per heavy atom. The number of carbonyl (C=O) groups is 2. The van der Waals surface area contributed by atoms with Crippen LogP contribution in [-0.2, 0) is 4.79 Å². The highest BCUT2D eigenvalue weighted by atomic mass is 16.2. The molecule has 2 aliphatic rings. The molecule has 5 heteroatoms. The first-order chi connectivity index (χ1) is 6.24. The lowest BCUT2D eigenvalue weighted by Crippen LogP contribution is -2.45. The number of rotatable bonds is 2. The Bertz CT molecular complexity index is 250. The molecule has 3 N–H and O–H groups in total. The summed E-state index contributed by atoms with van der Waals surface area (Å²) in [5, 5.41) is 2.29. The quantitative estimate of drug-likeness (QED) is 0.573. The lowest BCUT2D eigenvalue weighted by atomic mass is 9.79. The first-order valence-corrected chi connectivity index (χ1v) is 4.55. The van der Waals surface area contributed by atoms with Crippen LogP contribution in [0.1, 0.15) is 19.3 Å². The normalized spacial score (nSPS) is 29.0. The Morgan fingerprint density at radius 2 is 2.15 bits per heavy atom. The van der Waals surface area contributed by atoms with Gasteiger partial charge in [-0.05, 0) is 18.8 Å². The van der Waals surface area contributed by atoms with Crippen molar-refractivity contribution in [2.24, 2.45) is 11.7 Å². The summed E-state index contributed by atoms with van der Waals surface area (Å²) in [7, 11) is 0. The van der Waals surface area contributed by atoms with Crippen molar-refractivity contribution in [3.63, 3.8) is 0 Å². The zero-order valence-electron chi connectivity index (χ0n) is 7.32. The Kier molecular flexibility index (Phi) is 1.95. The van der Waals surface area contributed by atoms with Gasteiger partial charge >= 0.3 is 6.03 Å². The smallest absolute Gasteiger partial charge is 0.314 e. The second-order valence-corrected chi connectivity index (χ2v) is 3.58. The van der Waals surface area contributed by atoms with Crippen molar-refractivity contribution < 1.29 is 9.59 Å². The van der Waals surface area contributed by atoms with Gasteiger partial charge in [0.05, 0.1) is 6.67 Å². The van der Waals surface area contributed by atoms with Crippen LogP contribution in [0.4, 0.5) is 4.79 Å². The molecule has 1 unspecified atom stereocenters. The molecule has 0 aromatic heterocycles. The summed E-state index contributed by atoms with van der Waals surface area (Å²) in [6.45, 7) is 0.124. The van der Waals surface area contributed by atoms with Crippen molar-refractivity contribution in [1.29, 1.82) is 0 Å². The van der Waals surface area contributed by atoms with E-state index in [4.69, 9.17) is 5.73 Å². The van der Waals surface area contributed by atoms with E-state index in [1.54, 1.807) is 0 Å². The van der Waals surface area contributed by atoms with Crippen molar-refractivity contribution in [2.45, 2.75) is 25.3 Å². The second kappa shape index (κ2) is 2.99. The summed E-state index contributed by atoms with van der Waals surface area (Å²) in [6.07, 6.45) is 3.21. The molecule has 1 saturated heterocycles. The third kappa shape index (κ3) is 1.19. The molecule has 0 spiro atoms. The molecule has 13 heavy (non-hydrogen) atoms. The molecule has 0 bridgehead atoms. The molecule has 2 rings (SSSR count). The Morgan fingerprint density at radius 3 is 2.62 bits per heavy atom. The average molecular weight is 183 g/mol. The lowest BCUT2D eigenvalue weighted by molar-refractivity contribution is -0.123. The van der Waals surface area contributed by atoms with E-state index in [1.807, 2.05) is 0 Å². The van der Waals surface area contributed by atoms with Crippen LogP contribution in [0.15, 0.2) is 0 Å². The number of nitrogens with zero attached hydrogens (tertiary/aromatic N) is 1. The van der Waals surface area contributed by atoms with Crippen LogP contribution in [0.3, 0.4) is 0 Å². The van der Waals surface area contributed by atoms with Crippen LogP contribution in [0.25, 0.3) is 0 Å². The molecule has 2 fully saturated rings. The summed E-state index contributed by atoms with van der Waals surface area (Å²) in [4.78, 5) is 24.0. The van der Waals surface area contributed by atoms with Crippen molar-refractivity contribution >= 4 is 11.9 Å². The molecule has 0 aromatic rings. The van der Waals surface area contributed by atoms with Crippen LogP contribution in [0.2, 0.25) is 0 Å². The molecule has 72 valence electrons. The van der Waals surface area contributed by atoms with Gasteiger partial charge in [-0.25, -0.2) is 4.79 Å². The standard InChI is InChI=1S/C8H13N3O2/c9-4-11-6(5-2-1-3-5)7(12)10-8(11)13/h5-6H,1-4,9H2,(H,10,12,13). The average Bonchev–Trinajstić information content (AvgIpc) is 2.24. The van der Waals surface area contributed by atoms with Gasteiger partial charge in [0.1, 0.15) is 6.04 Å². The van der Waals surface area contributed by atoms with Crippen LogP contribution < -0.4 is 11.1 Å². The minimum Gasteiger partial charge on any atom is -0.314 e. The summed E-state index contributed by atoms with van der Waals surface area (Å²) >= 11 is 0. The Balaban J connectivity index is 2.13. The third-order valence-electron chi connectivity index (χ3n) is 2.89. The highest BCUT2D eigenvalue weighted by Crippen LogP contribution is 2.33. The number of hydrogen-bond donors (Lipinski definition) is 2. The van der Waals surface area contributed by atoms with Gasteiger partial charge in [-0.15, -0.1) is 0 Å². The van der Waals surface area contributed by atoms with Crippen molar-refractivity contribution in [3.05, 3.63) is 0 Å². The first kappa shape index (κ1) is 8.50. The summed E-state index contributed by atoms with van der Waals surface area (Å²) < 4.78 is 0. The van der Waals surface area contributed by atoms with E-state index in [9.17, 15) is 9.59 Å². The minimum absolute atomic E-state index is 0.124. The Labute approximate surface area is 76.3 Å². The first-order valence-electron chi connectivity index (χ1n) is 4.55. The fraction of sp³-hybridized carbons (Fsp3) is 0.750. The van der Waals surface area contributed by atoms with E-state index in [1.165, 1.54) is 4.90 Å². The van der Waals surface area contributed by atoms with Gasteiger partial charge in [-0.2, -0.15) is 0 Å². The van der Waals surface area contributed by atoms with Gasteiger partial charge in [0.15, 0.2) is 0 Å². The predicted molar refractivity (Wildman–Crippen MR) is 45.6 cm³/mol. The topological polar surface area (TPSA) is 75.4 Å². The van der Waals surface area contributed by atoms with Crippen molar-refractivity contribution in [2.75, 3.05) is 6.67 Å². The molecule has 3 amide bonds. The van der Waals surface area contributed by atoms with Crippen LogP contribution in [0.5, 0.6) is 0 Å². The molecule has 0 aromatic carbocycles. The number of hydrogen-bond acceptors (Lipinski definition) is 3. The maximum atomic E-state index is 11.4. The fourth-order valence-electron chi connectivity index (χ4n) is 1.94. The van der Waals surface area contributed by atoms with Crippen LogP contribution in [0, 0.1) is 5.92 Å². The number of nitrogens with one attached hydrogen (secondary N) is 1. The molecule has 0 radical (unpaired) electrons. The molecule has 1 atom stereocenters. The molecular formula is C8H13N3O2. The third-order valence-corrected chi connectivity index (χ3v) is 2.89. The summed E-state index contributed by atoms with van der Waals surface area (Å²) in [5.74, 6) is 0.148. The van der Waals surface area contributed by atoms with Gasteiger partial charge in [-0.3, -0.25) is 15.0 Å². The minimum atomic E-state index is -0.343. The summed E-state index contributed by atoms with van der Waals surface area (Å²) in [5.41, 5.74) is 5.41. The zero-order chi connectivity index (χ0) is 9.42. The van der Waals surface area contributed by atoms with Crippen LogP contribution in [-0.4, -0.2) is 29.5 Å². The largest absolute Gasteiger partial charge is 0.325 e. The molecule has 1 aliphatic heterocycles. The second-order valence-electron chi connectivity index (χ2n) is 3.58. The van der Waals surface area contributed by atoms with E-state index in [-0.39, 0.29) is 24.6 Å². The van der Waals surface area contributed by atoms with E-state index in [0.29, 0.717) is 5.92 Å². The highest BCUT2D eigenvalue weighted by molar-refractivity contribution is 6.04. The maximum Gasteiger partial charge on any atom is 0.325 e. The van der Waals surface area contributed by atoms with Gasteiger partial charge in [0.2, 0.25) is 0 Å². The van der Waals surface area contributed by atoms with E-state index < -0.39 is 0 Å². The van der Waals surface area contributed by atoms with Crippen LogP contribution >= 0.6 is 0 Å². The summed E-state index contributed by atoms with van der Waals surface area (Å²) in [6, 6.07) is -0.643. The van der Waals surface area contributed by atoms with Crippen molar-refractivity contribution in [1.82, 2.24) is 10.2 Å². The molecule has 1 aliphatic carbocycles. The number of imide groups is 1. The molecule has 5 nitrogen and oxygen atoms in total. The maximum absolute atomic E-state index is 11.4. The molecule has 1 heterocycles. The number of urea groups is 1. The van der Waals surface area contributed by atoms with E-state index in [2.05, 4.69) is 5.32 Å². The number of nitrogens with two attached hydrogens (primary N) is 1. The number of carbonyl (C=O) groups excluding carboxylic acids is 2. The molecular weight excluding hydrogens is 170 g/mol. The van der Waals surface area contributed by atoms with Gasteiger partial charge in [0, 0.05) is 0 Å². The van der Waals surface area contributed by atoms with Gasteiger partial charge in [-0.1, -0.05) is 6.42 Å². The molecule has 1 saturated carbocycles. The van der Waals surface area contributed by atoms with E-state index in [0.717, 1.165) is 19.3 Å². The van der Waals surface area contributed by atoms with Gasteiger partial charge < -0.3 is 5.73 Å². The predicted octanol–water partition coefficient (Wildman–Crippen LogP) is -0.377. The SMILES string of the molecule is NCN1C(=O)NC(=O)C1C1CCC1. The van der Waals surface area contributed by atoms with Crippen molar-refractivity contribution in [3.8, 4) is 0 Å². The fourth-order valence-corrected chi connectivity index (χ4v) is 1.94. The Hall–Kier alpha value is -1.10. The van der Waals surface area contributed by atoms with Gasteiger partial charge in [0.25, 0.3) is 5.91 Å². The zero-order valence-corrected chi connectivity index (χ0v) is 7.32. The monoisotopic (exact) mass is 183 g/mol. The highest BCUT2D eigenvalue weighted by Gasteiger charge is 2.44. The van der Waals surface area contributed by atoms with E-state index >= 15 is 0 Å². The lowest BCUT2D eigenvalue weighted by Gasteiger charge is -2.33.